The van der Waals surface area contributed by atoms with Crippen LogP contribution in [0.5, 0.6) is 0 Å². The Labute approximate surface area is 206 Å². The molecule has 0 aliphatic heterocycles. The average Bonchev–Trinajstić information content (AvgIpc) is 3.42. The van der Waals surface area contributed by atoms with Gasteiger partial charge in [0.2, 0.25) is 0 Å². The van der Waals surface area contributed by atoms with E-state index in [2.05, 4.69) is 31.3 Å². The van der Waals surface area contributed by atoms with Crippen LogP contribution < -0.4 is 5.32 Å². The molecule has 1 amide bonds. The fourth-order valence-electron chi connectivity index (χ4n) is 3.82. The van der Waals surface area contributed by atoms with Crippen LogP contribution in [0, 0.1) is 0 Å². The highest BCUT2D eigenvalue weighted by molar-refractivity contribution is 9.10. The first-order valence-corrected chi connectivity index (χ1v) is 11.3. The minimum absolute atomic E-state index is 0.0599. The van der Waals surface area contributed by atoms with E-state index in [1.807, 2.05) is 30.3 Å². The Balaban J connectivity index is 1.59. The fourth-order valence-corrected chi connectivity index (χ4v) is 4.14. The number of imidazole rings is 1. The Morgan fingerprint density at radius 2 is 1.77 bits per heavy atom. The number of anilines is 1. The average molecular weight is 540 g/mol. The van der Waals surface area contributed by atoms with Gasteiger partial charge < -0.3 is 5.32 Å². The van der Waals surface area contributed by atoms with Crippen LogP contribution in [-0.2, 0) is 13.2 Å². The summed E-state index contributed by atoms with van der Waals surface area (Å²) < 4.78 is 45.0. The molecular weight excluding hydrogens is 523 g/mol. The maximum atomic E-state index is 13.7. The zero-order valence-corrected chi connectivity index (χ0v) is 19.8. The number of amides is 1. The standard InChI is InChI=1S/C25H17BrF3N5O/c1-33-11-10-20(32-33)18-13-16(7-8-19(18)25(27,28)29)24(35)31-23-22(15-5-3-2-4-6-15)30-21-14-17(26)9-12-34(21)23/h2-14H,1H3,(H,31,35). The number of hydrogen-bond donors (Lipinski definition) is 1. The predicted molar refractivity (Wildman–Crippen MR) is 130 cm³/mol. The number of aromatic nitrogens is 4. The van der Waals surface area contributed by atoms with Crippen LogP contribution in [0.25, 0.3) is 28.2 Å². The number of pyridine rings is 1. The second-order valence-electron chi connectivity index (χ2n) is 7.84. The van der Waals surface area contributed by atoms with Crippen LogP contribution in [-0.4, -0.2) is 25.1 Å². The highest BCUT2D eigenvalue weighted by Crippen LogP contribution is 2.37. The van der Waals surface area contributed by atoms with Crippen molar-refractivity contribution in [3.05, 3.63) is 94.7 Å². The molecule has 0 saturated heterocycles. The van der Waals surface area contributed by atoms with E-state index < -0.39 is 17.6 Å². The summed E-state index contributed by atoms with van der Waals surface area (Å²) in [5.74, 6) is -0.166. The largest absolute Gasteiger partial charge is 0.417 e. The van der Waals surface area contributed by atoms with E-state index in [0.29, 0.717) is 17.2 Å². The van der Waals surface area contributed by atoms with Gasteiger partial charge in [0, 0.05) is 40.6 Å². The number of nitrogens with one attached hydrogen (secondary N) is 1. The third-order valence-electron chi connectivity index (χ3n) is 5.44. The van der Waals surface area contributed by atoms with Gasteiger partial charge >= 0.3 is 6.18 Å². The van der Waals surface area contributed by atoms with Gasteiger partial charge in [-0.05, 0) is 36.4 Å². The monoisotopic (exact) mass is 539 g/mol. The first-order chi connectivity index (χ1) is 16.7. The lowest BCUT2D eigenvalue weighted by Gasteiger charge is -2.14. The molecule has 5 aromatic rings. The summed E-state index contributed by atoms with van der Waals surface area (Å²) in [6.07, 6.45) is -1.30. The summed E-state index contributed by atoms with van der Waals surface area (Å²) in [4.78, 5) is 17.9. The number of carbonyl (C=O) groups excluding carboxylic acids is 1. The van der Waals surface area contributed by atoms with E-state index in [4.69, 9.17) is 0 Å². The quantitative estimate of drug-likeness (QED) is 0.286. The lowest BCUT2D eigenvalue weighted by molar-refractivity contribution is -0.137. The van der Waals surface area contributed by atoms with Crippen molar-refractivity contribution in [2.45, 2.75) is 6.18 Å². The molecule has 0 aliphatic rings. The molecule has 10 heteroatoms. The molecule has 2 aromatic carbocycles. The molecule has 3 heterocycles. The number of nitrogens with zero attached hydrogens (tertiary/aromatic N) is 4. The smallest absolute Gasteiger partial charge is 0.306 e. The minimum Gasteiger partial charge on any atom is -0.306 e. The Hall–Kier alpha value is -3.92. The fraction of sp³-hybridized carbons (Fsp3) is 0.0800. The summed E-state index contributed by atoms with van der Waals surface area (Å²) in [5.41, 5.74) is 1.06. The molecule has 1 N–H and O–H groups in total. The van der Waals surface area contributed by atoms with Crippen molar-refractivity contribution in [2.75, 3.05) is 5.32 Å². The zero-order valence-electron chi connectivity index (χ0n) is 18.2. The normalized spacial score (nSPS) is 11.7. The molecule has 0 radical (unpaired) electrons. The third-order valence-corrected chi connectivity index (χ3v) is 5.94. The highest BCUT2D eigenvalue weighted by atomic mass is 79.9. The Kier molecular flexibility index (Phi) is 5.68. The van der Waals surface area contributed by atoms with E-state index in [9.17, 15) is 18.0 Å². The van der Waals surface area contributed by atoms with Crippen LogP contribution in [0.2, 0.25) is 0 Å². The van der Waals surface area contributed by atoms with Crippen LogP contribution in [0.4, 0.5) is 19.0 Å². The second kappa shape index (κ2) is 8.70. The lowest BCUT2D eigenvalue weighted by atomic mass is 10.0. The first-order valence-electron chi connectivity index (χ1n) is 10.5. The minimum atomic E-state index is -4.60. The van der Waals surface area contributed by atoms with Crippen LogP contribution in [0.1, 0.15) is 15.9 Å². The molecule has 35 heavy (non-hydrogen) atoms. The number of halogens is 4. The van der Waals surface area contributed by atoms with Gasteiger partial charge in [-0.25, -0.2) is 4.98 Å². The molecule has 0 aliphatic carbocycles. The molecular formula is C25H17BrF3N5O. The van der Waals surface area contributed by atoms with E-state index in [0.717, 1.165) is 22.2 Å². The van der Waals surface area contributed by atoms with Crippen molar-refractivity contribution in [1.29, 1.82) is 0 Å². The van der Waals surface area contributed by atoms with Gasteiger partial charge in [0.1, 0.15) is 17.2 Å². The number of rotatable bonds is 4. The number of benzene rings is 2. The van der Waals surface area contributed by atoms with E-state index in [-0.39, 0.29) is 16.8 Å². The third kappa shape index (κ3) is 4.44. The van der Waals surface area contributed by atoms with Crippen LogP contribution >= 0.6 is 15.9 Å². The van der Waals surface area contributed by atoms with Crippen molar-refractivity contribution < 1.29 is 18.0 Å². The highest BCUT2D eigenvalue weighted by Gasteiger charge is 2.34. The second-order valence-corrected chi connectivity index (χ2v) is 8.75. The van der Waals surface area contributed by atoms with Crippen molar-refractivity contribution in [3.63, 3.8) is 0 Å². The molecule has 0 saturated carbocycles. The molecule has 0 fully saturated rings. The molecule has 0 unspecified atom stereocenters. The summed E-state index contributed by atoms with van der Waals surface area (Å²) in [6, 6.07) is 17.7. The Bertz CT molecular complexity index is 1560. The van der Waals surface area contributed by atoms with E-state index in [1.165, 1.54) is 16.8 Å². The van der Waals surface area contributed by atoms with E-state index in [1.54, 1.807) is 36.0 Å². The number of carbonyl (C=O) groups is 1. The molecule has 3 aromatic heterocycles. The van der Waals surface area contributed by atoms with Crippen molar-refractivity contribution in [3.8, 4) is 22.5 Å². The number of hydrogen-bond acceptors (Lipinski definition) is 3. The summed E-state index contributed by atoms with van der Waals surface area (Å²) >= 11 is 3.42. The van der Waals surface area contributed by atoms with Gasteiger partial charge in [0.15, 0.2) is 0 Å². The SMILES string of the molecule is Cn1ccc(-c2cc(C(=O)Nc3c(-c4ccccc4)nc4cc(Br)ccn34)ccc2C(F)(F)F)n1. The van der Waals surface area contributed by atoms with Gasteiger partial charge in [0.25, 0.3) is 5.91 Å². The van der Waals surface area contributed by atoms with Gasteiger partial charge in [-0.2, -0.15) is 18.3 Å². The topological polar surface area (TPSA) is 64.2 Å². The molecule has 6 nitrogen and oxygen atoms in total. The summed E-state index contributed by atoms with van der Waals surface area (Å²) in [7, 11) is 1.61. The van der Waals surface area contributed by atoms with Crippen LogP contribution in [0.15, 0.2) is 83.6 Å². The maximum Gasteiger partial charge on any atom is 0.417 e. The van der Waals surface area contributed by atoms with Crippen molar-refractivity contribution in [1.82, 2.24) is 19.2 Å². The number of alkyl halides is 3. The van der Waals surface area contributed by atoms with Gasteiger partial charge in [-0.1, -0.05) is 46.3 Å². The molecule has 0 spiro atoms. The lowest BCUT2D eigenvalue weighted by Crippen LogP contribution is -2.15. The molecule has 0 atom stereocenters. The number of fused-ring (bicyclic) bond motifs is 1. The predicted octanol–water partition coefficient (Wildman–Crippen LogP) is 6.44. The zero-order chi connectivity index (χ0) is 24.7. The van der Waals surface area contributed by atoms with Crippen molar-refractivity contribution in [2.24, 2.45) is 7.05 Å². The van der Waals surface area contributed by atoms with E-state index >= 15 is 0 Å². The van der Waals surface area contributed by atoms with Crippen molar-refractivity contribution >= 4 is 33.3 Å². The van der Waals surface area contributed by atoms with Crippen LogP contribution in [0.3, 0.4) is 0 Å². The molecule has 176 valence electrons. The molecule has 0 bridgehead atoms. The van der Waals surface area contributed by atoms with Gasteiger partial charge in [-0.3, -0.25) is 13.9 Å². The summed E-state index contributed by atoms with van der Waals surface area (Å²) in [6.45, 7) is 0. The number of aryl methyl sites for hydroxylation is 1. The van der Waals surface area contributed by atoms with Gasteiger partial charge in [-0.15, -0.1) is 0 Å². The Morgan fingerprint density at radius 1 is 1.00 bits per heavy atom. The Morgan fingerprint density at radius 3 is 2.46 bits per heavy atom. The maximum absolute atomic E-state index is 13.7. The summed E-state index contributed by atoms with van der Waals surface area (Å²) in [5, 5.41) is 6.95. The van der Waals surface area contributed by atoms with Gasteiger partial charge in [0.05, 0.1) is 11.3 Å². The first kappa shape index (κ1) is 22.9. The molecule has 5 rings (SSSR count).